The van der Waals surface area contributed by atoms with Crippen LogP contribution in [0.5, 0.6) is 0 Å². The lowest BCUT2D eigenvalue weighted by molar-refractivity contribution is -0.134. The van der Waals surface area contributed by atoms with E-state index in [2.05, 4.69) is 47.8 Å². The number of carbonyl (C=O) groups excluding carboxylic acids is 3. The van der Waals surface area contributed by atoms with Gasteiger partial charge in [0.2, 0.25) is 11.8 Å². The quantitative estimate of drug-likeness (QED) is 0.235. The number of aromatic nitrogens is 3. The lowest BCUT2D eigenvalue weighted by Crippen LogP contribution is -2.53. The monoisotopic (exact) mass is 721 g/mol. The van der Waals surface area contributed by atoms with Crippen LogP contribution in [0.4, 0.5) is 14.9 Å². The molecule has 0 spiro atoms. The first-order valence-corrected chi connectivity index (χ1v) is 18.7. The van der Waals surface area contributed by atoms with E-state index in [0.717, 1.165) is 74.4 Å². The summed E-state index contributed by atoms with van der Waals surface area (Å²) in [6, 6.07) is 25.4. The molecule has 0 bridgehead atoms. The number of benzene rings is 3. The summed E-state index contributed by atoms with van der Waals surface area (Å²) in [5, 5.41) is 14.4. The van der Waals surface area contributed by atoms with E-state index in [1.54, 1.807) is 4.68 Å². The zero-order chi connectivity index (χ0) is 36.6. The Kier molecular flexibility index (Phi) is 11.7. The second-order valence-electron chi connectivity index (χ2n) is 14.3. The van der Waals surface area contributed by atoms with Gasteiger partial charge in [0, 0.05) is 70.5 Å². The van der Waals surface area contributed by atoms with Crippen LogP contribution in [0, 0.1) is 11.7 Å². The molecular weight excluding hydrogens is 673 g/mol. The average molecular weight is 722 g/mol. The summed E-state index contributed by atoms with van der Waals surface area (Å²) in [6.45, 7) is 6.38. The molecule has 53 heavy (non-hydrogen) atoms. The van der Waals surface area contributed by atoms with E-state index in [1.807, 2.05) is 71.8 Å². The minimum atomic E-state index is -0.495. The van der Waals surface area contributed by atoms with Gasteiger partial charge in [0.05, 0.1) is 24.0 Å². The summed E-state index contributed by atoms with van der Waals surface area (Å²) in [4.78, 5) is 48.5. The number of amides is 4. The molecule has 2 N–H and O–H groups in total. The number of urea groups is 1. The predicted octanol–water partition coefficient (Wildman–Crippen LogP) is 4.38. The number of hydrogen-bond acceptors (Lipinski definition) is 8. The molecule has 2 saturated heterocycles. The van der Waals surface area contributed by atoms with Gasteiger partial charge in [-0.2, -0.15) is 0 Å². The molecule has 0 radical (unpaired) electrons. The van der Waals surface area contributed by atoms with Gasteiger partial charge < -0.3 is 15.1 Å². The van der Waals surface area contributed by atoms with E-state index in [1.165, 1.54) is 12.1 Å². The third kappa shape index (κ3) is 9.27. The van der Waals surface area contributed by atoms with E-state index in [-0.39, 0.29) is 36.1 Å². The van der Waals surface area contributed by atoms with Crippen LogP contribution in [0.1, 0.15) is 54.6 Å². The van der Waals surface area contributed by atoms with Crippen molar-refractivity contribution < 1.29 is 18.8 Å². The summed E-state index contributed by atoms with van der Waals surface area (Å²) >= 11 is 0. The van der Waals surface area contributed by atoms with Crippen LogP contribution in [0.2, 0.25) is 0 Å². The largest absolute Gasteiger partial charge is 0.369 e. The average Bonchev–Trinajstić information content (AvgIpc) is 3.89. The Hall–Kier alpha value is -5.14. The molecule has 3 heterocycles. The molecule has 1 aromatic heterocycles. The van der Waals surface area contributed by atoms with Gasteiger partial charge in [-0.1, -0.05) is 78.7 Å². The fourth-order valence-electron chi connectivity index (χ4n) is 7.87. The fraction of sp³-hybridized carbons (Fsp3) is 0.425. The van der Waals surface area contributed by atoms with Crippen molar-refractivity contribution in [3.63, 3.8) is 0 Å². The third-order valence-electron chi connectivity index (χ3n) is 10.8. The highest BCUT2D eigenvalue weighted by molar-refractivity contribution is 5.95. The second kappa shape index (κ2) is 17.1. The predicted molar refractivity (Wildman–Crippen MR) is 199 cm³/mol. The van der Waals surface area contributed by atoms with Crippen molar-refractivity contribution in [2.24, 2.45) is 5.92 Å². The number of piperazine rings is 2. The number of halogens is 1. The number of imide groups is 1. The molecule has 3 aromatic carbocycles. The molecule has 2 atom stereocenters. The van der Waals surface area contributed by atoms with Crippen molar-refractivity contribution in [3.05, 3.63) is 114 Å². The number of nitrogens with zero attached hydrogens (tertiary/aromatic N) is 7. The second-order valence-corrected chi connectivity index (χ2v) is 14.3. The van der Waals surface area contributed by atoms with E-state index in [0.29, 0.717) is 32.7 Å². The van der Waals surface area contributed by atoms with Gasteiger partial charge in [0.15, 0.2) is 0 Å². The van der Waals surface area contributed by atoms with Gasteiger partial charge >= 0.3 is 6.03 Å². The lowest BCUT2D eigenvalue weighted by atomic mass is 9.91. The van der Waals surface area contributed by atoms with Crippen molar-refractivity contribution in [1.82, 2.24) is 40.3 Å². The van der Waals surface area contributed by atoms with Crippen LogP contribution in [-0.4, -0.2) is 99.9 Å². The Labute approximate surface area is 309 Å². The highest BCUT2D eigenvalue weighted by atomic mass is 19.1. The minimum Gasteiger partial charge on any atom is -0.369 e. The molecule has 12 nitrogen and oxygen atoms in total. The number of carbonyl (C=O) groups is 3. The van der Waals surface area contributed by atoms with Crippen molar-refractivity contribution >= 4 is 23.5 Å². The molecule has 278 valence electrons. The summed E-state index contributed by atoms with van der Waals surface area (Å²) in [7, 11) is 0. The normalized spacial score (nSPS) is 18.4. The fourth-order valence-corrected chi connectivity index (χ4v) is 7.87. The molecule has 4 amide bonds. The Morgan fingerprint density at radius 3 is 2.08 bits per heavy atom. The van der Waals surface area contributed by atoms with Crippen LogP contribution in [0.3, 0.4) is 0 Å². The molecule has 3 aliphatic rings. The third-order valence-corrected chi connectivity index (χ3v) is 10.8. The first-order chi connectivity index (χ1) is 25.9. The maximum Gasteiger partial charge on any atom is 0.321 e. The van der Waals surface area contributed by atoms with Crippen LogP contribution in [-0.2, 0) is 22.7 Å². The van der Waals surface area contributed by atoms with E-state index in [9.17, 15) is 18.8 Å². The van der Waals surface area contributed by atoms with E-state index >= 15 is 0 Å². The Balaban J connectivity index is 0.957. The lowest BCUT2D eigenvalue weighted by Gasteiger charge is -2.42. The van der Waals surface area contributed by atoms with Crippen molar-refractivity contribution in [3.8, 4) is 0 Å². The van der Waals surface area contributed by atoms with Crippen LogP contribution >= 0.6 is 0 Å². The van der Waals surface area contributed by atoms with Crippen LogP contribution in [0.25, 0.3) is 0 Å². The van der Waals surface area contributed by atoms with Gasteiger partial charge in [-0.25, -0.2) is 13.9 Å². The Bertz CT molecular complexity index is 1800. The number of rotatable bonds is 11. The van der Waals surface area contributed by atoms with Crippen molar-refractivity contribution in [2.75, 3.05) is 57.3 Å². The van der Waals surface area contributed by atoms with Crippen LogP contribution < -0.4 is 15.5 Å². The standard InChI is InChI=1S/C40H48FN9O3/c41-33-15-17-35(18-16-33)47-21-19-46(20-22-47)27-34-28-50(45-44-34)29-36(51)48-23-25-49(26-24-48)38(31-11-5-2-6-12-31)37(30-9-3-1-4-10-30)42-40(53)43-39(52)32-13-7-8-14-32/h1-6,9-12,15-18,28,32,37-38H,7-8,13-14,19-27,29H2,(H2,42,43,52,53)/t37-,38+/m1/s1. The smallest absolute Gasteiger partial charge is 0.321 e. The molecule has 3 fully saturated rings. The SMILES string of the molecule is O=C(NC(=O)C1CCCC1)N[C@H](c1ccccc1)[C@H](c1ccccc1)N1CCN(C(=O)Cn2cc(CN3CCN(c4ccc(F)cc4)CC3)nn2)CC1. The Morgan fingerprint density at radius 1 is 0.774 bits per heavy atom. The molecule has 1 saturated carbocycles. The van der Waals surface area contributed by atoms with Gasteiger partial charge in [-0.3, -0.25) is 24.7 Å². The first-order valence-electron chi connectivity index (χ1n) is 18.7. The molecule has 0 unspecified atom stereocenters. The molecule has 4 aromatic rings. The molecular formula is C40H48FN9O3. The maximum atomic E-state index is 13.5. The summed E-state index contributed by atoms with van der Waals surface area (Å²) < 4.78 is 15.0. The van der Waals surface area contributed by atoms with Gasteiger partial charge in [0.25, 0.3) is 0 Å². The highest BCUT2D eigenvalue weighted by Crippen LogP contribution is 2.35. The van der Waals surface area contributed by atoms with E-state index in [4.69, 9.17) is 0 Å². The maximum absolute atomic E-state index is 13.5. The summed E-state index contributed by atoms with van der Waals surface area (Å²) in [5.74, 6) is -0.583. The van der Waals surface area contributed by atoms with E-state index < -0.39 is 12.1 Å². The number of anilines is 1. The van der Waals surface area contributed by atoms with Gasteiger partial charge in [-0.05, 0) is 48.2 Å². The van der Waals surface area contributed by atoms with Gasteiger partial charge in [0.1, 0.15) is 12.4 Å². The van der Waals surface area contributed by atoms with Crippen molar-refractivity contribution in [1.29, 1.82) is 0 Å². The summed E-state index contributed by atoms with van der Waals surface area (Å²) in [5.41, 5.74) is 3.81. The molecule has 7 rings (SSSR count). The summed E-state index contributed by atoms with van der Waals surface area (Å²) in [6.07, 6.45) is 5.50. The number of hydrogen-bond donors (Lipinski definition) is 2. The zero-order valence-electron chi connectivity index (χ0n) is 30.0. The topological polar surface area (TPSA) is 119 Å². The van der Waals surface area contributed by atoms with Gasteiger partial charge in [-0.15, -0.1) is 5.10 Å². The van der Waals surface area contributed by atoms with Crippen LogP contribution in [0.15, 0.2) is 91.1 Å². The molecule has 13 heteroatoms. The number of nitrogens with one attached hydrogen (secondary N) is 2. The highest BCUT2D eigenvalue weighted by Gasteiger charge is 2.35. The first kappa shape index (κ1) is 36.2. The van der Waals surface area contributed by atoms with Crippen molar-refractivity contribution in [2.45, 2.75) is 50.9 Å². The molecule has 1 aliphatic carbocycles. The minimum absolute atomic E-state index is 0.0205. The zero-order valence-corrected chi connectivity index (χ0v) is 30.0. The molecule has 2 aliphatic heterocycles. The Morgan fingerprint density at radius 2 is 1.42 bits per heavy atom.